The van der Waals surface area contributed by atoms with Crippen LogP contribution in [0.1, 0.15) is 52.2 Å². The summed E-state index contributed by atoms with van der Waals surface area (Å²) in [6.07, 6.45) is 1.13. The van der Waals surface area contributed by atoms with Crippen molar-refractivity contribution >= 4 is 29.9 Å². The molecule has 0 atom stereocenters. The molecule has 1 aliphatic rings. The van der Waals surface area contributed by atoms with Gasteiger partial charge in [-0.05, 0) is 23.0 Å². The third-order valence-electron chi connectivity index (χ3n) is 4.13. The van der Waals surface area contributed by atoms with Crippen molar-refractivity contribution in [3.05, 3.63) is 35.4 Å². The molecule has 4 heteroatoms. The Labute approximate surface area is 152 Å². The average Bonchev–Trinajstić information content (AvgIpc) is 2.46. The number of rotatable bonds is 3. The van der Waals surface area contributed by atoms with Crippen molar-refractivity contribution in [3.8, 4) is 0 Å². The van der Waals surface area contributed by atoms with Gasteiger partial charge in [-0.15, -0.1) is 24.0 Å². The van der Waals surface area contributed by atoms with Crippen LogP contribution >= 0.6 is 24.0 Å². The highest BCUT2D eigenvalue weighted by Crippen LogP contribution is 2.27. The van der Waals surface area contributed by atoms with E-state index in [1.807, 2.05) is 0 Å². The lowest BCUT2D eigenvalue weighted by atomic mass is 9.81. The molecule has 0 bridgehead atoms. The van der Waals surface area contributed by atoms with Gasteiger partial charge in [-0.3, -0.25) is 4.99 Å². The smallest absolute Gasteiger partial charge is 0.191 e. The molecule has 0 amide bonds. The fourth-order valence-corrected chi connectivity index (χ4v) is 2.48. The minimum absolute atomic E-state index is 0. The maximum atomic E-state index is 4.47. The number of nitrogens with one attached hydrogen (secondary N) is 2. The molecule has 1 aromatic rings. The summed E-state index contributed by atoms with van der Waals surface area (Å²) >= 11 is 0. The van der Waals surface area contributed by atoms with Crippen LogP contribution in [0, 0.1) is 0 Å². The van der Waals surface area contributed by atoms with Crippen LogP contribution in [-0.4, -0.2) is 25.6 Å². The molecular formula is C18H30IN3. The molecule has 0 radical (unpaired) electrons. The highest BCUT2D eigenvalue weighted by Gasteiger charge is 2.22. The number of halogens is 1. The Morgan fingerprint density at radius 2 is 1.64 bits per heavy atom. The second kappa shape index (κ2) is 7.66. The fraction of sp³-hybridized carbons (Fsp3) is 0.611. The van der Waals surface area contributed by atoms with Crippen molar-refractivity contribution in [2.24, 2.45) is 4.99 Å². The summed E-state index contributed by atoms with van der Waals surface area (Å²) in [5, 5.41) is 6.76. The molecule has 0 spiro atoms. The van der Waals surface area contributed by atoms with Crippen LogP contribution in [0.5, 0.6) is 0 Å². The molecular weight excluding hydrogens is 385 g/mol. The van der Waals surface area contributed by atoms with E-state index in [9.17, 15) is 0 Å². The summed E-state index contributed by atoms with van der Waals surface area (Å²) in [4.78, 5) is 4.47. The fourth-order valence-electron chi connectivity index (χ4n) is 2.48. The van der Waals surface area contributed by atoms with E-state index in [-0.39, 0.29) is 34.8 Å². The first kappa shape index (κ1) is 19.3. The number of hydrogen-bond acceptors (Lipinski definition) is 3. The zero-order chi connectivity index (χ0) is 15.5. The molecule has 124 valence electrons. The topological polar surface area (TPSA) is 36.4 Å². The second-order valence-electron chi connectivity index (χ2n) is 7.58. The van der Waals surface area contributed by atoms with Gasteiger partial charge in [0.1, 0.15) is 0 Å². The molecule has 22 heavy (non-hydrogen) atoms. The van der Waals surface area contributed by atoms with E-state index in [0.717, 1.165) is 32.0 Å². The van der Waals surface area contributed by atoms with Crippen LogP contribution in [0.25, 0.3) is 0 Å². The van der Waals surface area contributed by atoms with Crippen LogP contribution in [-0.2, 0) is 10.8 Å². The SMILES string of the molecule is CC(C)(C)c1ccc(C(C)(C)CNC2=NCCCN2)cc1.I. The Hall–Kier alpha value is -0.780. The highest BCUT2D eigenvalue weighted by molar-refractivity contribution is 14.0. The molecule has 2 N–H and O–H groups in total. The Balaban J connectivity index is 0.00000242. The largest absolute Gasteiger partial charge is 0.356 e. The third-order valence-corrected chi connectivity index (χ3v) is 4.13. The van der Waals surface area contributed by atoms with E-state index in [4.69, 9.17) is 0 Å². The second-order valence-corrected chi connectivity index (χ2v) is 7.58. The predicted octanol–water partition coefficient (Wildman–Crippen LogP) is 3.82. The first-order valence-electron chi connectivity index (χ1n) is 7.92. The molecule has 1 aliphatic heterocycles. The monoisotopic (exact) mass is 415 g/mol. The quantitative estimate of drug-likeness (QED) is 0.737. The lowest BCUT2D eigenvalue weighted by molar-refractivity contribution is 0.504. The molecule has 0 aliphatic carbocycles. The van der Waals surface area contributed by atoms with Crippen LogP contribution < -0.4 is 10.6 Å². The molecule has 2 rings (SSSR count). The molecule has 1 aromatic carbocycles. The first-order chi connectivity index (χ1) is 9.79. The summed E-state index contributed by atoms with van der Waals surface area (Å²) in [7, 11) is 0. The van der Waals surface area contributed by atoms with E-state index < -0.39 is 0 Å². The number of aliphatic imine (C=N–C) groups is 1. The van der Waals surface area contributed by atoms with E-state index >= 15 is 0 Å². The van der Waals surface area contributed by atoms with Gasteiger partial charge in [-0.25, -0.2) is 0 Å². The Morgan fingerprint density at radius 1 is 1.05 bits per heavy atom. The van der Waals surface area contributed by atoms with Crippen molar-refractivity contribution in [2.75, 3.05) is 19.6 Å². The van der Waals surface area contributed by atoms with Gasteiger partial charge in [-0.1, -0.05) is 58.9 Å². The van der Waals surface area contributed by atoms with Crippen LogP contribution in [0.4, 0.5) is 0 Å². The van der Waals surface area contributed by atoms with Gasteiger partial charge in [0.2, 0.25) is 0 Å². The normalized spacial score (nSPS) is 15.4. The maximum absolute atomic E-state index is 4.47. The third kappa shape index (κ3) is 5.14. The van der Waals surface area contributed by atoms with Gasteiger partial charge in [0, 0.05) is 25.0 Å². The Morgan fingerprint density at radius 3 is 2.14 bits per heavy atom. The van der Waals surface area contributed by atoms with Crippen LogP contribution in [0.2, 0.25) is 0 Å². The van der Waals surface area contributed by atoms with Crippen molar-refractivity contribution < 1.29 is 0 Å². The van der Waals surface area contributed by atoms with Crippen molar-refractivity contribution in [2.45, 2.75) is 51.9 Å². The van der Waals surface area contributed by atoms with Gasteiger partial charge in [-0.2, -0.15) is 0 Å². The highest BCUT2D eigenvalue weighted by atomic mass is 127. The molecule has 0 saturated carbocycles. The summed E-state index contributed by atoms with van der Waals surface area (Å²) in [5.74, 6) is 0.945. The van der Waals surface area contributed by atoms with Gasteiger partial charge in [0.25, 0.3) is 0 Å². The zero-order valence-electron chi connectivity index (χ0n) is 14.5. The van der Waals surface area contributed by atoms with E-state index in [2.05, 4.69) is 74.5 Å². The maximum Gasteiger partial charge on any atom is 0.191 e. The number of nitrogens with zero attached hydrogens (tertiary/aromatic N) is 1. The Kier molecular flexibility index (Phi) is 6.71. The minimum atomic E-state index is 0. The molecule has 0 unspecified atom stereocenters. The predicted molar refractivity (Wildman–Crippen MR) is 107 cm³/mol. The summed E-state index contributed by atoms with van der Waals surface area (Å²) in [5.41, 5.74) is 3.03. The number of benzene rings is 1. The van der Waals surface area contributed by atoms with Crippen molar-refractivity contribution in [3.63, 3.8) is 0 Å². The summed E-state index contributed by atoms with van der Waals surface area (Å²) < 4.78 is 0. The van der Waals surface area contributed by atoms with Crippen LogP contribution in [0.3, 0.4) is 0 Å². The van der Waals surface area contributed by atoms with E-state index in [0.29, 0.717) is 0 Å². The van der Waals surface area contributed by atoms with Gasteiger partial charge >= 0.3 is 0 Å². The molecule has 0 aromatic heterocycles. The lowest BCUT2D eigenvalue weighted by Gasteiger charge is -2.28. The minimum Gasteiger partial charge on any atom is -0.356 e. The van der Waals surface area contributed by atoms with Crippen molar-refractivity contribution in [1.29, 1.82) is 0 Å². The van der Waals surface area contributed by atoms with E-state index in [1.165, 1.54) is 11.1 Å². The average molecular weight is 415 g/mol. The summed E-state index contributed by atoms with van der Waals surface area (Å²) in [6.45, 7) is 14.1. The van der Waals surface area contributed by atoms with Crippen LogP contribution in [0.15, 0.2) is 29.3 Å². The zero-order valence-corrected chi connectivity index (χ0v) is 16.8. The summed E-state index contributed by atoms with van der Waals surface area (Å²) in [6, 6.07) is 9.04. The standard InChI is InChI=1S/C18H29N3.HI/c1-17(2,3)14-7-9-15(10-8-14)18(4,5)13-21-16-19-11-6-12-20-16;/h7-10H,6,11-13H2,1-5H3,(H2,19,20,21);1H. The number of guanidine groups is 1. The Bertz CT molecular complexity index is 498. The van der Waals surface area contributed by atoms with Gasteiger partial charge in [0.15, 0.2) is 5.96 Å². The lowest BCUT2D eigenvalue weighted by Crippen LogP contribution is -2.45. The molecule has 0 fully saturated rings. The first-order valence-corrected chi connectivity index (χ1v) is 7.92. The van der Waals surface area contributed by atoms with Gasteiger partial charge in [0.05, 0.1) is 0 Å². The van der Waals surface area contributed by atoms with E-state index in [1.54, 1.807) is 0 Å². The number of hydrogen-bond donors (Lipinski definition) is 2. The van der Waals surface area contributed by atoms with Gasteiger partial charge < -0.3 is 10.6 Å². The molecule has 3 nitrogen and oxygen atoms in total. The molecule has 1 heterocycles. The molecule has 0 saturated heterocycles. The van der Waals surface area contributed by atoms with Crippen molar-refractivity contribution in [1.82, 2.24) is 10.6 Å².